The predicted octanol–water partition coefficient (Wildman–Crippen LogP) is 2.13. The van der Waals surface area contributed by atoms with Gasteiger partial charge >= 0.3 is 12.1 Å². The number of carboxylic acid groups (broad SMARTS) is 1. The first kappa shape index (κ1) is 25.5. The molecule has 0 rings (SSSR count). The number of carboxylic acids is 1. The summed E-state index contributed by atoms with van der Waals surface area (Å²) in [6.07, 6.45) is 0.999. The van der Waals surface area contributed by atoms with Crippen molar-refractivity contribution in [2.45, 2.75) is 65.5 Å². The number of guanidine groups is 1. The van der Waals surface area contributed by atoms with E-state index in [2.05, 4.69) is 20.9 Å². The number of halogens is 1. The number of aliphatic imine (C=N–C) groups is 1. The van der Waals surface area contributed by atoms with Gasteiger partial charge in [-0.3, -0.25) is 4.99 Å². The number of hydrogen-bond acceptors (Lipinski definition) is 4. The van der Waals surface area contributed by atoms with Crippen molar-refractivity contribution < 1.29 is 19.4 Å². The van der Waals surface area contributed by atoms with Gasteiger partial charge in [-0.15, -0.1) is 12.4 Å². The number of amides is 1. The number of carbonyl (C=O) groups excluding carboxylic acids is 1. The average Bonchev–Trinajstić information content (AvgIpc) is 2.43. The molecule has 0 aromatic carbocycles. The van der Waals surface area contributed by atoms with E-state index in [1.165, 1.54) is 0 Å². The molecular formula is C16H33ClN4O4. The smallest absolute Gasteiger partial charge is 0.408 e. The average molecular weight is 381 g/mol. The molecule has 0 aliphatic rings. The summed E-state index contributed by atoms with van der Waals surface area (Å²) in [6, 6.07) is -0.953. The van der Waals surface area contributed by atoms with E-state index in [0.29, 0.717) is 19.4 Å². The van der Waals surface area contributed by atoms with Gasteiger partial charge in [-0.1, -0.05) is 0 Å². The molecule has 0 heterocycles. The van der Waals surface area contributed by atoms with E-state index in [1.807, 2.05) is 13.8 Å². The summed E-state index contributed by atoms with van der Waals surface area (Å²) in [5.41, 5.74) is -0.656. The first-order valence-electron chi connectivity index (χ1n) is 8.44. The molecule has 0 radical (unpaired) electrons. The molecule has 0 saturated heterocycles. The summed E-state index contributed by atoms with van der Waals surface area (Å²) in [5.74, 6) is -0.313. The van der Waals surface area contributed by atoms with Gasteiger partial charge < -0.3 is 25.8 Å². The van der Waals surface area contributed by atoms with Crippen LogP contribution in [0.5, 0.6) is 0 Å². The van der Waals surface area contributed by atoms with Crippen LogP contribution in [-0.2, 0) is 9.53 Å². The van der Waals surface area contributed by atoms with E-state index in [0.717, 1.165) is 25.5 Å². The summed E-state index contributed by atoms with van der Waals surface area (Å²) in [4.78, 5) is 27.3. The number of hydrogen-bond donors (Lipinski definition) is 4. The van der Waals surface area contributed by atoms with Gasteiger partial charge in [0.25, 0.3) is 0 Å². The molecule has 1 atom stereocenters. The second-order valence-corrected chi connectivity index (χ2v) is 6.32. The molecule has 25 heavy (non-hydrogen) atoms. The van der Waals surface area contributed by atoms with Crippen molar-refractivity contribution >= 4 is 30.4 Å². The Hall–Kier alpha value is -1.70. The third-order valence-electron chi connectivity index (χ3n) is 2.85. The van der Waals surface area contributed by atoms with Gasteiger partial charge in [-0.25, -0.2) is 9.59 Å². The van der Waals surface area contributed by atoms with Crippen LogP contribution in [0.1, 0.15) is 53.9 Å². The standard InChI is InChI=1S/C16H32N4O4.ClH/c1-6-17-14(18-7-2)19-11-9-8-10-12(13(21)22)20-15(23)24-16(3,4)5;/h12H,6-11H2,1-5H3,(H,20,23)(H,21,22)(H2,17,18,19);1H/t12-;/m0./s1. The monoisotopic (exact) mass is 380 g/mol. The second-order valence-electron chi connectivity index (χ2n) is 6.32. The van der Waals surface area contributed by atoms with Crippen molar-refractivity contribution in [1.29, 1.82) is 0 Å². The maximum Gasteiger partial charge on any atom is 0.408 e. The number of alkyl carbamates (subject to hydrolysis) is 1. The molecule has 0 aliphatic carbocycles. The highest BCUT2D eigenvalue weighted by molar-refractivity contribution is 5.85. The Morgan fingerprint density at radius 2 is 1.68 bits per heavy atom. The van der Waals surface area contributed by atoms with Crippen molar-refractivity contribution in [2.24, 2.45) is 4.99 Å². The van der Waals surface area contributed by atoms with Crippen LogP contribution in [0, 0.1) is 0 Å². The van der Waals surface area contributed by atoms with Crippen molar-refractivity contribution in [3.05, 3.63) is 0 Å². The fraction of sp³-hybridized carbons (Fsp3) is 0.812. The van der Waals surface area contributed by atoms with Crippen molar-refractivity contribution in [3.63, 3.8) is 0 Å². The number of carbonyl (C=O) groups is 2. The van der Waals surface area contributed by atoms with Gasteiger partial charge in [0.2, 0.25) is 0 Å². The molecule has 8 nitrogen and oxygen atoms in total. The largest absolute Gasteiger partial charge is 0.480 e. The zero-order chi connectivity index (χ0) is 18.6. The minimum Gasteiger partial charge on any atom is -0.480 e. The molecule has 0 bridgehead atoms. The van der Waals surface area contributed by atoms with Crippen molar-refractivity contribution in [3.8, 4) is 0 Å². The molecule has 9 heteroatoms. The second kappa shape index (κ2) is 13.6. The number of nitrogens with one attached hydrogen (secondary N) is 3. The van der Waals surface area contributed by atoms with Crippen LogP contribution in [0.2, 0.25) is 0 Å². The molecule has 0 fully saturated rings. The summed E-state index contributed by atoms with van der Waals surface area (Å²) < 4.78 is 5.08. The van der Waals surface area contributed by atoms with E-state index < -0.39 is 23.7 Å². The molecule has 0 aromatic rings. The van der Waals surface area contributed by atoms with Crippen LogP contribution in [-0.4, -0.2) is 54.4 Å². The lowest BCUT2D eigenvalue weighted by atomic mass is 10.1. The zero-order valence-corrected chi connectivity index (χ0v) is 16.7. The number of nitrogens with zero attached hydrogens (tertiary/aromatic N) is 1. The summed E-state index contributed by atoms with van der Waals surface area (Å²) in [7, 11) is 0. The Bertz CT molecular complexity index is 417. The lowest BCUT2D eigenvalue weighted by Crippen LogP contribution is -2.43. The summed E-state index contributed by atoms with van der Waals surface area (Å²) in [6.45, 7) is 11.3. The van der Waals surface area contributed by atoms with E-state index in [-0.39, 0.29) is 12.4 Å². The van der Waals surface area contributed by atoms with Crippen molar-refractivity contribution in [2.75, 3.05) is 19.6 Å². The van der Waals surface area contributed by atoms with Gasteiger partial charge in [0, 0.05) is 19.6 Å². The first-order chi connectivity index (χ1) is 11.2. The Labute approximate surface area is 156 Å². The van der Waals surface area contributed by atoms with Crippen molar-refractivity contribution in [1.82, 2.24) is 16.0 Å². The molecular weight excluding hydrogens is 348 g/mol. The Kier molecular flexibility index (Phi) is 13.9. The van der Waals surface area contributed by atoms with Gasteiger partial charge in [0.05, 0.1) is 0 Å². The quantitative estimate of drug-likeness (QED) is 0.277. The van der Waals surface area contributed by atoms with E-state index in [1.54, 1.807) is 20.8 Å². The van der Waals surface area contributed by atoms with Gasteiger partial charge in [0.15, 0.2) is 5.96 Å². The first-order valence-corrected chi connectivity index (χ1v) is 8.44. The van der Waals surface area contributed by atoms with Crippen LogP contribution in [0.25, 0.3) is 0 Å². The molecule has 0 unspecified atom stereocenters. The lowest BCUT2D eigenvalue weighted by Gasteiger charge is -2.22. The Morgan fingerprint density at radius 1 is 1.12 bits per heavy atom. The molecule has 1 amide bonds. The maximum atomic E-state index is 11.7. The molecule has 148 valence electrons. The van der Waals surface area contributed by atoms with Gasteiger partial charge in [-0.2, -0.15) is 0 Å². The number of unbranched alkanes of at least 4 members (excludes halogenated alkanes) is 1. The highest BCUT2D eigenvalue weighted by Gasteiger charge is 2.23. The van der Waals surface area contributed by atoms with Crippen LogP contribution in [0.3, 0.4) is 0 Å². The van der Waals surface area contributed by atoms with E-state index in [4.69, 9.17) is 4.74 Å². The summed E-state index contributed by atoms with van der Waals surface area (Å²) >= 11 is 0. The summed E-state index contributed by atoms with van der Waals surface area (Å²) in [5, 5.41) is 17.8. The van der Waals surface area contributed by atoms with Crippen LogP contribution in [0.15, 0.2) is 4.99 Å². The van der Waals surface area contributed by atoms with Crippen LogP contribution in [0.4, 0.5) is 4.79 Å². The minimum absolute atomic E-state index is 0. The number of rotatable bonds is 9. The fourth-order valence-electron chi connectivity index (χ4n) is 1.87. The third kappa shape index (κ3) is 14.4. The molecule has 0 saturated carbocycles. The number of ether oxygens (including phenoxy) is 1. The molecule has 0 aromatic heterocycles. The highest BCUT2D eigenvalue weighted by atomic mass is 35.5. The van der Waals surface area contributed by atoms with E-state index in [9.17, 15) is 14.7 Å². The minimum atomic E-state index is -1.06. The molecule has 0 aliphatic heterocycles. The molecule has 0 spiro atoms. The predicted molar refractivity (Wildman–Crippen MR) is 102 cm³/mol. The lowest BCUT2D eigenvalue weighted by molar-refractivity contribution is -0.139. The number of aliphatic carboxylic acids is 1. The van der Waals surface area contributed by atoms with Crippen LogP contribution >= 0.6 is 12.4 Å². The Morgan fingerprint density at radius 3 is 2.12 bits per heavy atom. The van der Waals surface area contributed by atoms with Crippen LogP contribution < -0.4 is 16.0 Å². The maximum absolute atomic E-state index is 11.7. The van der Waals surface area contributed by atoms with E-state index >= 15 is 0 Å². The van der Waals surface area contributed by atoms with Gasteiger partial charge in [-0.05, 0) is 53.9 Å². The topological polar surface area (TPSA) is 112 Å². The Balaban J connectivity index is 0. The normalized spacial score (nSPS) is 11.6. The molecule has 4 N–H and O–H groups in total. The fourth-order valence-corrected chi connectivity index (χ4v) is 1.87. The van der Waals surface area contributed by atoms with Gasteiger partial charge in [0.1, 0.15) is 11.6 Å². The highest BCUT2D eigenvalue weighted by Crippen LogP contribution is 2.08. The SMILES string of the molecule is CCNC(=NCCCC[C@H](NC(=O)OC(C)(C)C)C(=O)O)NCC.Cl. The third-order valence-corrected chi connectivity index (χ3v) is 2.85. The zero-order valence-electron chi connectivity index (χ0n) is 15.8.